The van der Waals surface area contributed by atoms with Crippen molar-refractivity contribution in [2.75, 3.05) is 0 Å². The van der Waals surface area contributed by atoms with Crippen LogP contribution in [0.15, 0.2) is 48.8 Å². The van der Waals surface area contributed by atoms with E-state index < -0.39 is 0 Å². The number of rotatable bonds is 4. The SMILES string of the molecule is c1ccc(-c2nn[nH]n2)c([N-]Cc2ccncc2)c1. The van der Waals surface area contributed by atoms with Crippen molar-refractivity contribution in [2.45, 2.75) is 6.54 Å². The first-order valence-corrected chi connectivity index (χ1v) is 5.83. The molecule has 0 atom stereocenters. The summed E-state index contributed by atoms with van der Waals surface area (Å²) in [4.78, 5) is 3.98. The van der Waals surface area contributed by atoms with E-state index in [4.69, 9.17) is 0 Å². The molecule has 0 spiro atoms. The van der Waals surface area contributed by atoms with Crippen LogP contribution in [-0.4, -0.2) is 25.6 Å². The van der Waals surface area contributed by atoms with Crippen LogP contribution in [-0.2, 0) is 6.54 Å². The van der Waals surface area contributed by atoms with Crippen molar-refractivity contribution in [2.24, 2.45) is 0 Å². The van der Waals surface area contributed by atoms with Crippen molar-refractivity contribution >= 4 is 5.69 Å². The van der Waals surface area contributed by atoms with Crippen molar-refractivity contribution in [3.63, 3.8) is 0 Å². The average molecular weight is 251 g/mol. The largest absolute Gasteiger partial charge is 0.680 e. The van der Waals surface area contributed by atoms with Gasteiger partial charge in [0.05, 0.1) is 0 Å². The van der Waals surface area contributed by atoms with Crippen molar-refractivity contribution in [1.29, 1.82) is 0 Å². The first-order chi connectivity index (χ1) is 9.43. The number of tetrazole rings is 1. The lowest BCUT2D eigenvalue weighted by molar-refractivity contribution is 0.881. The van der Waals surface area contributed by atoms with Gasteiger partial charge in [0.25, 0.3) is 0 Å². The Labute approximate surface area is 109 Å². The monoisotopic (exact) mass is 251 g/mol. The Morgan fingerprint density at radius 1 is 1.05 bits per heavy atom. The molecule has 94 valence electrons. The molecule has 1 N–H and O–H groups in total. The normalized spacial score (nSPS) is 10.3. The van der Waals surface area contributed by atoms with Gasteiger partial charge in [-0.05, 0) is 17.3 Å². The lowest BCUT2D eigenvalue weighted by Gasteiger charge is -2.23. The van der Waals surface area contributed by atoms with Crippen LogP contribution in [0.5, 0.6) is 0 Å². The van der Waals surface area contributed by atoms with Gasteiger partial charge in [0, 0.05) is 18.0 Å². The maximum atomic E-state index is 4.58. The molecule has 0 aliphatic rings. The van der Waals surface area contributed by atoms with Crippen molar-refractivity contribution in [3.8, 4) is 11.4 Å². The Bertz CT molecular complexity index is 635. The first-order valence-electron chi connectivity index (χ1n) is 5.83. The summed E-state index contributed by atoms with van der Waals surface area (Å²) in [5.74, 6) is 0.550. The van der Waals surface area contributed by atoms with E-state index in [2.05, 4.69) is 30.9 Å². The minimum atomic E-state index is 0.550. The third-order valence-corrected chi connectivity index (χ3v) is 2.67. The Morgan fingerprint density at radius 2 is 1.89 bits per heavy atom. The van der Waals surface area contributed by atoms with Crippen LogP contribution < -0.4 is 0 Å². The topological polar surface area (TPSA) is 81.5 Å². The number of pyridine rings is 1. The van der Waals surface area contributed by atoms with Gasteiger partial charge in [-0.25, -0.2) is 0 Å². The van der Waals surface area contributed by atoms with Crippen LogP contribution in [0.4, 0.5) is 5.69 Å². The molecule has 3 aromatic rings. The summed E-state index contributed by atoms with van der Waals surface area (Å²) in [5, 5.41) is 18.6. The maximum Gasteiger partial charge on any atom is 0.203 e. The zero-order chi connectivity index (χ0) is 12.9. The van der Waals surface area contributed by atoms with E-state index in [1.807, 2.05) is 36.4 Å². The summed E-state index contributed by atoms with van der Waals surface area (Å²) in [7, 11) is 0. The molecule has 1 aromatic carbocycles. The second-order valence-corrected chi connectivity index (χ2v) is 3.92. The molecule has 0 fully saturated rings. The average Bonchev–Trinajstić information content (AvgIpc) is 3.01. The second-order valence-electron chi connectivity index (χ2n) is 3.92. The fourth-order valence-corrected chi connectivity index (χ4v) is 1.74. The number of hydrogen-bond acceptors (Lipinski definition) is 4. The molecule has 0 unspecified atom stereocenters. The lowest BCUT2D eigenvalue weighted by Crippen LogP contribution is -1.86. The van der Waals surface area contributed by atoms with Gasteiger partial charge in [0.1, 0.15) is 0 Å². The van der Waals surface area contributed by atoms with E-state index >= 15 is 0 Å². The van der Waals surface area contributed by atoms with Crippen LogP contribution in [0.1, 0.15) is 5.56 Å². The maximum absolute atomic E-state index is 4.58. The number of aromatic amines is 1. The van der Waals surface area contributed by atoms with E-state index in [0.29, 0.717) is 12.4 Å². The molecular weight excluding hydrogens is 240 g/mol. The molecule has 0 saturated carbocycles. The van der Waals surface area contributed by atoms with Crippen molar-refractivity contribution < 1.29 is 0 Å². The van der Waals surface area contributed by atoms with Crippen molar-refractivity contribution in [3.05, 3.63) is 59.7 Å². The molecule has 0 saturated heterocycles. The van der Waals surface area contributed by atoms with Gasteiger partial charge >= 0.3 is 0 Å². The number of nitrogens with one attached hydrogen (secondary N) is 1. The predicted molar refractivity (Wildman–Crippen MR) is 70.6 cm³/mol. The van der Waals surface area contributed by atoms with Gasteiger partial charge in [0.2, 0.25) is 5.82 Å². The molecule has 0 bridgehead atoms. The highest BCUT2D eigenvalue weighted by Crippen LogP contribution is 2.31. The summed E-state index contributed by atoms with van der Waals surface area (Å²) in [6.07, 6.45) is 3.52. The minimum Gasteiger partial charge on any atom is -0.680 e. The first kappa shape index (κ1) is 11.3. The minimum absolute atomic E-state index is 0.550. The Kier molecular flexibility index (Phi) is 3.14. The molecule has 0 radical (unpaired) electrons. The van der Waals surface area contributed by atoms with Gasteiger partial charge in [-0.15, -0.1) is 22.4 Å². The molecule has 6 heteroatoms. The zero-order valence-electron chi connectivity index (χ0n) is 10.1. The summed E-state index contributed by atoms with van der Waals surface area (Å²) in [5.41, 5.74) is 2.82. The van der Waals surface area contributed by atoms with Crippen LogP contribution in [0, 0.1) is 0 Å². The quantitative estimate of drug-likeness (QED) is 0.772. The summed E-state index contributed by atoms with van der Waals surface area (Å²) < 4.78 is 0. The number of aromatic nitrogens is 5. The predicted octanol–water partition coefficient (Wildman–Crippen LogP) is 2.47. The van der Waals surface area contributed by atoms with Crippen LogP contribution in [0.3, 0.4) is 0 Å². The van der Waals surface area contributed by atoms with Crippen LogP contribution in [0.25, 0.3) is 16.7 Å². The highest BCUT2D eigenvalue weighted by atomic mass is 15.5. The summed E-state index contributed by atoms with van der Waals surface area (Å²) in [6.45, 7) is 0.595. The zero-order valence-corrected chi connectivity index (χ0v) is 10.1. The van der Waals surface area contributed by atoms with Gasteiger partial charge in [-0.1, -0.05) is 29.8 Å². The van der Waals surface area contributed by atoms with Gasteiger partial charge in [-0.2, -0.15) is 5.21 Å². The number of benzene rings is 1. The van der Waals surface area contributed by atoms with E-state index in [0.717, 1.165) is 16.8 Å². The lowest BCUT2D eigenvalue weighted by atomic mass is 10.1. The van der Waals surface area contributed by atoms with E-state index in [1.54, 1.807) is 12.4 Å². The molecular formula is C13H11N6-. The fourth-order valence-electron chi connectivity index (χ4n) is 1.74. The van der Waals surface area contributed by atoms with Gasteiger partial charge < -0.3 is 5.32 Å². The Hall–Kier alpha value is -2.76. The van der Waals surface area contributed by atoms with E-state index in [1.165, 1.54) is 0 Å². The molecule has 6 nitrogen and oxygen atoms in total. The molecule has 19 heavy (non-hydrogen) atoms. The van der Waals surface area contributed by atoms with E-state index in [-0.39, 0.29) is 0 Å². The third kappa shape index (κ3) is 2.57. The highest BCUT2D eigenvalue weighted by molar-refractivity contribution is 5.75. The van der Waals surface area contributed by atoms with Crippen LogP contribution in [0.2, 0.25) is 0 Å². The smallest absolute Gasteiger partial charge is 0.203 e. The number of hydrogen-bond donors (Lipinski definition) is 1. The number of H-pyrrole nitrogens is 1. The molecule has 2 heterocycles. The second kappa shape index (κ2) is 5.26. The van der Waals surface area contributed by atoms with Crippen LogP contribution >= 0.6 is 0 Å². The summed E-state index contributed by atoms with van der Waals surface area (Å²) >= 11 is 0. The van der Waals surface area contributed by atoms with Gasteiger partial charge in [0.15, 0.2) is 0 Å². The fraction of sp³-hybridized carbons (Fsp3) is 0.0769. The Morgan fingerprint density at radius 3 is 2.68 bits per heavy atom. The number of nitrogens with zero attached hydrogens (tertiary/aromatic N) is 5. The molecule has 0 aliphatic carbocycles. The van der Waals surface area contributed by atoms with Crippen molar-refractivity contribution in [1.82, 2.24) is 25.6 Å². The highest BCUT2D eigenvalue weighted by Gasteiger charge is 2.02. The van der Waals surface area contributed by atoms with Gasteiger partial charge in [-0.3, -0.25) is 4.98 Å². The standard InChI is InChI=1S/C13H11N6/c1-2-4-12(11(3-1)13-16-18-19-17-13)15-9-10-5-7-14-8-6-10/h1-8H,9H2,(H,16,17,18,19)/q-1. The third-order valence-electron chi connectivity index (χ3n) is 2.67. The molecule has 0 amide bonds. The molecule has 2 aromatic heterocycles. The summed E-state index contributed by atoms with van der Waals surface area (Å²) in [6, 6.07) is 11.6. The van der Waals surface area contributed by atoms with E-state index in [9.17, 15) is 0 Å². The molecule has 3 rings (SSSR count). The molecule has 0 aliphatic heterocycles. The Balaban J connectivity index is 1.82. The number of para-hydroxylation sites is 1.